The fourth-order valence-corrected chi connectivity index (χ4v) is 2.47. The zero-order valence-electron chi connectivity index (χ0n) is 14.8. The molecule has 0 N–H and O–H groups in total. The van der Waals surface area contributed by atoms with Crippen molar-refractivity contribution >= 4 is 5.91 Å². The van der Waals surface area contributed by atoms with Crippen molar-refractivity contribution in [1.29, 1.82) is 0 Å². The largest absolute Gasteiger partial charge is 0.573 e. The Labute approximate surface area is 157 Å². The van der Waals surface area contributed by atoms with Crippen LogP contribution in [-0.2, 0) is 17.8 Å². The van der Waals surface area contributed by atoms with E-state index in [4.69, 9.17) is 8.94 Å². The molecule has 0 bridgehead atoms. The van der Waals surface area contributed by atoms with Gasteiger partial charge in [0.05, 0.1) is 6.26 Å². The second kappa shape index (κ2) is 8.15. The molecule has 28 heavy (non-hydrogen) atoms. The summed E-state index contributed by atoms with van der Waals surface area (Å²) < 4.78 is 51.7. The summed E-state index contributed by atoms with van der Waals surface area (Å²) in [6.07, 6.45) is -3.08. The van der Waals surface area contributed by atoms with Crippen molar-refractivity contribution in [3.05, 3.63) is 54.1 Å². The number of benzene rings is 1. The lowest BCUT2D eigenvalue weighted by Gasteiger charge is -2.19. The number of aromatic nitrogens is 2. The highest BCUT2D eigenvalue weighted by Gasteiger charge is 2.32. The zero-order chi connectivity index (χ0) is 20.1. The van der Waals surface area contributed by atoms with Crippen LogP contribution in [-0.4, -0.2) is 34.4 Å². The molecule has 0 unspecified atom stereocenters. The maximum atomic E-state index is 12.5. The molecule has 0 radical (unpaired) electrons. The molecule has 10 heteroatoms. The summed E-state index contributed by atoms with van der Waals surface area (Å²) in [6.45, 7) is -0.0352. The number of furan rings is 1. The molecule has 3 aromatic rings. The average molecular weight is 395 g/mol. The van der Waals surface area contributed by atoms with Gasteiger partial charge in [0.25, 0.3) is 0 Å². The molecule has 0 spiro atoms. The summed E-state index contributed by atoms with van der Waals surface area (Å²) in [5, 5.41) is 3.77. The van der Waals surface area contributed by atoms with Gasteiger partial charge in [0.1, 0.15) is 5.75 Å². The van der Waals surface area contributed by atoms with E-state index in [1.807, 2.05) is 0 Å². The predicted octanol–water partition coefficient (Wildman–Crippen LogP) is 3.82. The number of amides is 1. The maximum absolute atomic E-state index is 12.5. The van der Waals surface area contributed by atoms with Gasteiger partial charge in [-0.2, -0.15) is 4.98 Å². The number of halogens is 3. The summed E-state index contributed by atoms with van der Waals surface area (Å²) in [7, 11) is 1.49. The zero-order valence-corrected chi connectivity index (χ0v) is 14.8. The van der Waals surface area contributed by atoms with Gasteiger partial charge in [-0.3, -0.25) is 4.79 Å². The van der Waals surface area contributed by atoms with E-state index < -0.39 is 6.36 Å². The van der Waals surface area contributed by atoms with Crippen LogP contribution < -0.4 is 4.74 Å². The molecule has 0 atom stereocenters. The molecule has 1 amide bonds. The van der Waals surface area contributed by atoms with E-state index in [2.05, 4.69) is 14.9 Å². The molecule has 3 rings (SSSR count). The van der Waals surface area contributed by atoms with Crippen LogP contribution in [0.15, 0.2) is 51.6 Å². The van der Waals surface area contributed by atoms with Crippen molar-refractivity contribution in [1.82, 2.24) is 15.0 Å². The minimum absolute atomic E-state index is 0.0352. The number of aryl methyl sites for hydroxylation is 1. The Balaban J connectivity index is 1.57. The molecule has 148 valence electrons. The van der Waals surface area contributed by atoms with Gasteiger partial charge in [-0.1, -0.05) is 23.4 Å². The number of carbonyl (C=O) groups excluding carboxylic acids is 1. The van der Waals surface area contributed by atoms with Gasteiger partial charge in [-0.25, -0.2) is 0 Å². The lowest BCUT2D eigenvalue weighted by atomic mass is 10.2. The standard InChI is InChI=1S/C18H16F3N3O4/c1-24(11-12-5-2-3-6-13(12)27-18(19,20)21)16(25)9-8-15-22-17(23-28-15)14-7-4-10-26-14/h2-7,10H,8-9,11H2,1H3. The highest BCUT2D eigenvalue weighted by atomic mass is 19.4. The second-order valence-electron chi connectivity index (χ2n) is 5.89. The van der Waals surface area contributed by atoms with Crippen molar-refractivity contribution in [2.24, 2.45) is 0 Å². The number of carbonyl (C=O) groups is 1. The van der Waals surface area contributed by atoms with Gasteiger partial charge >= 0.3 is 6.36 Å². The summed E-state index contributed by atoms with van der Waals surface area (Å²) in [5.74, 6) is 0.349. The third-order valence-corrected chi connectivity index (χ3v) is 3.79. The van der Waals surface area contributed by atoms with Crippen LogP contribution in [0.4, 0.5) is 13.2 Å². The van der Waals surface area contributed by atoms with Crippen LogP contribution in [0.3, 0.4) is 0 Å². The van der Waals surface area contributed by atoms with Crippen molar-refractivity contribution in [3.8, 4) is 17.3 Å². The average Bonchev–Trinajstić information content (AvgIpc) is 3.31. The Kier molecular flexibility index (Phi) is 5.67. The smallest absolute Gasteiger partial charge is 0.461 e. The van der Waals surface area contributed by atoms with E-state index in [0.717, 1.165) is 0 Å². The molecule has 1 aromatic carbocycles. The normalized spacial score (nSPS) is 11.4. The van der Waals surface area contributed by atoms with Gasteiger partial charge in [0, 0.05) is 32.0 Å². The van der Waals surface area contributed by atoms with E-state index in [-0.39, 0.29) is 48.3 Å². The third-order valence-electron chi connectivity index (χ3n) is 3.79. The van der Waals surface area contributed by atoms with Crippen LogP contribution in [0, 0.1) is 0 Å². The predicted molar refractivity (Wildman–Crippen MR) is 89.9 cm³/mol. The van der Waals surface area contributed by atoms with Gasteiger partial charge in [0.15, 0.2) is 5.76 Å². The molecular weight excluding hydrogens is 379 g/mol. The van der Waals surface area contributed by atoms with Crippen molar-refractivity contribution in [2.45, 2.75) is 25.7 Å². The lowest BCUT2D eigenvalue weighted by molar-refractivity contribution is -0.275. The molecule has 0 aliphatic rings. The number of hydrogen-bond donors (Lipinski definition) is 0. The van der Waals surface area contributed by atoms with Crippen LogP contribution in [0.5, 0.6) is 5.75 Å². The molecular formula is C18H16F3N3O4. The first-order valence-corrected chi connectivity index (χ1v) is 8.26. The summed E-state index contributed by atoms with van der Waals surface area (Å²) >= 11 is 0. The fourth-order valence-electron chi connectivity index (χ4n) is 2.47. The van der Waals surface area contributed by atoms with Crippen molar-refractivity contribution in [3.63, 3.8) is 0 Å². The Morgan fingerprint density at radius 2 is 2.00 bits per heavy atom. The Morgan fingerprint density at radius 3 is 2.71 bits per heavy atom. The number of rotatable bonds is 7. The quantitative estimate of drug-likeness (QED) is 0.605. The Morgan fingerprint density at radius 1 is 1.21 bits per heavy atom. The van der Waals surface area contributed by atoms with Gasteiger partial charge in [-0.05, 0) is 18.2 Å². The van der Waals surface area contributed by atoms with Crippen molar-refractivity contribution < 1.29 is 31.6 Å². The SMILES string of the molecule is CN(Cc1ccccc1OC(F)(F)F)C(=O)CCc1nc(-c2ccco2)no1. The van der Waals surface area contributed by atoms with Crippen LogP contribution in [0.2, 0.25) is 0 Å². The van der Waals surface area contributed by atoms with E-state index in [0.29, 0.717) is 5.76 Å². The molecule has 0 fully saturated rings. The maximum Gasteiger partial charge on any atom is 0.573 e. The van der Waals surface area contributed by atoms with E-state index in [1.54, 1.807) is 18.2 Å². The first-order chi connectivity index (χ1) is 13.3. The molecule has 0 saturated heterocycles. The Bertz CT molecular complexity index is 922. The number of hydrogen-bond acceptors (Lipinski definition) is 6. The first-order valence-electron chi connectivity index (χ1n) is 8.26. The van der Waals surface area contributed by atoms with E-state index in [1.165, 1.54) is 36.4 Å². The van der Waals surface area contributed by atoms with Crippen LogP contribution in [0.25, 0.3) is 11.6 Å². The third kappa shape index (κ3) is 5.12. The Hall–Kier alpha value is -3.30. The highest BCUT2D eigenvalue weighted by Crippen LogP contribution is 2.27. The number of nitrogens with zero attached hydrogens (tertiary/aromatic N) is 3. The van der Waals surface area contributed by atoms with E-state index in [9.17, 15) is 18.0 Å². The molecule has 0 aliphatic heterocycles. The number of ether oxygens (including phenoxy) is 1. The van der Waals surface area contributed by atoms with Gasteiger partial charge < -0.3 is 18.6 Å². The fraction of sp³-hybridized carbons (Fsp3) is 0.278. The van der Waals surface area contributed by atoms with Gasteiger partial charge in [0.2, 0.25) is 17.6 Å². The molecule has 0 saturated carbocycles. The minimum atomic E-state index is -4.80. The monoisotopic (exact) mass is 395 g/mol. The second-order valence-corrected chi connectivity index (χ2v) is 5.89. The van der Waals surface area contributed by atoms with Crippen molar-refractivity contribution in [2.75, 3.05) is 7.05 Å². The van der Waals surface area contributed by atoms with E-state index >= 15 is 0 Å². The molecule has 2 aromatic heterocycles. The van der Waals surface area contributed by atoms with Crippen LogP contribution in [0.1, 0.15) is 17.9 Å². The van der Waals surface area contributed by atoms with Crippen LogP contribution >= 0.6 is 0 Å². The molecule has 2 heterocycles. The summed E-state index contributed by atoms with van der Waals surface area (Å²) in [4.78, 5) is 17.8. The summed E-state index contributed by atoms with van der Waals surface area (Å²) in [6, 6.07) is 9.04. The topological polar surface area (TPSA) is 81.6 Å². The highest BCUT2D eigenvalue weighted by molar-refractivity contribution is 5.76. The lowest BCUT2D eigenvalue weighted by Crippen LogP contribution is -2.27. The first kappa shape index (κ1) is 19.5. The number of alkyl halides is 3. The number of para-hydroxylation sites is 1. The molecule has 7 nitrogen and oxygen atoms in total. The van der Waals surface area contributed by atoms with Gasteiger partial charge in [-0.15, -0.1) is 13.2 Å². The molecule has 0 aliphatic carbocycles. The summed E-state index contributed by atoms with van der Waals surface area (Å²) in [5.41, 5.74) is 0.244. The minimum Gasteiger partial charge on any atom is -0.461 e.